The van der Waals surface area contributed by atoms with E-state index in [-0.39, 0.29) is 16.9 Å². The summed E-state index contributed by atoms with van der Waals surface area (Å²) in [6, 6.07) is 5.64. The summed E-state index contributed by atoms with van der Waals surface area (Å²) in [5.74, 6) is -0.703. The molecule has 5 N–H and O–H groups in total. The molecule has 5 atom stereocenters. The minimum atomic E-state index is -1.57. The zero-order valence-electron chi connectivity index (χ0n) is 15.7. The van der Waals surface area contributed by atoms with Gasteiger partial charge in [0, 0.05) is 6.20 Å². The van der Waals surface area contributed by atoms with E-state index < -0.39 is 36.0 Å². The van der Waals surface area contributed by atoms with Gasteiger partial charge >= 0.3 is 0 Å². The molecule has 0 amide bonds. The number of fused-ring (bicyclic) bond motifs is 2. The van der Waals surface area contributed by atoms with Gasteiger partial charge in [-0.3, -0.25) is 0 Å². The van der Waals surface area contributed by atoms with E-state index in [4.69, 9.17) is 10.5 Å². The summed E-state index contributed by atoms with van der Waals surface area (Å²) in [5.41, 5.74) is 7.27. The molecule has 0 saturated carbocycles. The Labute approximate surface area is 165 Å². The Kier molecular flexibility index (Phi) is 3.94. The Morgan fingerprint density at radius 2 is 1.97 bits per heavy atom. The molecule has 1 aromatic carbocycles. The van der Waals surface area contributed by atoms with Gasteiger partial charge in [0.1, 0.15) is 36.1 Å². The first-order chi connectivity index (χ1) is 13.8. The maximum atomic E-state index is 14.4. The molecule has 1 unspecified atom stereocenters. The fourth-order valence-electron chi connectivity index (χ4n) is 4.28. The highest BCUT2D eigenvalue weighted by atomic mass is 19.1. The van der Waals surface area contributed by atoms with Crippen molar-refractivity contribution in [2.75, 3.05) is 5.73 Å². The van der Waals surface area contributed by atoms with Crippen LogP contribution in [0.1, 0.15) is 29.8 Å². The number of halogens is 1. The van der Waals surface area contributed by atoms with Gasteiger partial charge in [0.2, 0.25) is 0 Å². The average Bonchev–Trinajstić information content (AvgIpc) is 3.14. The molecule has 1 saturated heterocycles. The van der Waals surface area contributed by atoms with E-state index in [1.165, 1.54) is 23.4 Å². The molecule has 9 heteroatoms. The predicted octanol–water partition coefficient (Wildman–Crippen LogP) is 0.778. The lowest BCUT2D eigenvalue weighted by Gasteiger charge is -2.33. The number of rotatable bonds is 3. The minimum absolute atomic E-state index is 0.00960. The number of hydrogen-bond donors (Lipinski definition) is 4. The van der Waals surface area contributed by atoms with Crippen molar-refractivity contribution in [3.8, 4) is 0 Å². The highest BCUT2D eigenvalue weighted by molar-refractivity contribution is 5.86. The van der Waals surface area contributed by atoms with Crippen LogP contribution in [0.3, 0.4) is 0 Å². The average molecular weight is 400 g/mol. The highest BCUT2D eigenvalue weighted by Gasteiger charge is 2.52. The predicted molar refractivity (Wildman–Crippen MR) is 101 cm³/mol. The molecule has 1 aliphatic heterocycles. The number of aryl methyl sites for hydroxylation is 2. The second kappa shape index (κ2) is 6.20. The Balaban J connectivity index is 1.52. The van der Waals surface area contributed by atoms with Gasteiger partial charge in [0.05, 0.1) is 5.39 Å². The number of ether oxygens (including phenoxy) is 1. The Hall–Kier alpha value is -2.59. The number of benzene rings is 1. The van der Waals surface area contributed by atoms with Crippen LogP contribution in [0.15, 0.2) is 30.7 Å². The molecule has 1 fully saturated rings. The van der Waals surface area contributed by atoms with E-state index in [1.807, 2.05) is 12.1 Å². The number of aromatic nitrogens is 3. The monoisotopic (exact) mass is 400 g/mol. The fraction of sp³-hybridized carbons (Fsp3) is 0.400. The number of nitrogen functional groups attached to an aromatic ring is 1. The van der Waals surface area contributed by atoms with Crippen LogP contribution < -0.4 is 5.73 Å². The van der Waals surface area contributed by atoms with E-state index in [0.29, 0.717) is 5.56 Å². The molecule has 152 valence electrons. The molecule has 0 radical (unpaired) electrons. The summed E-state index contributed by atoms with van der Waals surface area (Å²) < 4.78 is 21.6. The van der Waals surface area contributed by atoms with Crippen molar-refractivity contribution in [1.29, 1.82) is 0 Å². The second-order valence-electron chi connectivity index (χ2n) is 7.90. The molecule has 3 heterocycles. The molecule has 1 aliphatic carbocycles. The van der Waals surface area contributed by atoms with E-state index in [9.17, 15) is 19.7 Å². The molecule has 29 heavy (non-hydrogen) atoms. The van der Waals surface area contributed by atoms with Crippen molar-refractivity contribution in [3.63, 3.8) is 0 Å². The quantitative estimate of drug-likeness (QED) is 0.512. The summed E-state index contributed by atoms with van der Waals surface area (Å²) in [6.07, 6.45) is -0.883. The first-order valence-corrected chi connectivity index (χ1v) is 9.42. The molecule has 2 aromatic heterocycles. The van der Waals surface area contributed by atoms with Crippen LogP contribution in [0.5, 0.6) is 0 Å². The summed E-state index contributed by atoms with van der Waals surface area (Å²) >= 11 is 0. The number of anilines is 1. The standard InChI is InChI=1S/C20H21FN4O4/c1-20(28,11-5-4-9-2-3-10(9)6-11)16-14(26)15(27)19(29-16)25-7-12(21)13-17(22)23-8-24-18(13)25/h4-8,14-16,19,26-28H,2-3H2,1H3,(H2,22,23,24)/t14-,15+,16-,19+,20?/m0/s1. The molecule has 2 aliphatic rings. The Morgan fingerprint density at radius 3 is 2.66 bits per heavy atom. The maximum Gasteiger partial charge on any atom is 0.164 e. The topological polar surface area (TPSA) is 127 Å². The number of aliphatic hydroxyl groups is 3. The van der Waals surface area contributed by atoms with Gasteiger partial charge in [-0.05, 0) is 36.5 Å². The lowest BCUT2D eigenvalue weighted by molar-refractivity contribution is -0.136. The molecule has 3 aromatic rings. The van der Waals surface area contributed by atoms with Gasteiger partial charge < -0.3 is 30.4 Å². The van der Waals surface area contributed by atoms with Crippen LogP contribution in [-0.2, 0) is 23.2 Å². The van der Waals surface area contributed by atoms with E-state index in [1.54, 1.807) is 6.07 Å². The fourth-order valence-corrected chi connectivity index (χ4v) is 4.28. The summed E-state index contributed by atoms with van der Waals surface area (Å²) in [7, 11) is 0. The van der Waals surface area contributed by atoms with Crippen LogP contribution in [0, 0.1) is 5.82 Å². The number of aliphatic hydroxyl groups excluding tert-OH is 2. The van der Waals surface area contributed by atoms with Crippen molar-refractivity contribution in [2.24, 2.45) is 0 Å². The van der Waals surface area contributed by atoms with Crippen molar-refractivity contribution < 1.29 is 24.4 Å². The van der Waals surface area contributed by atoms with Crippen LogP contribution in [0.4, 0.5) is 10.2 Å². The lowest BCUT2D eigenvalue weighted by Crippen LogP contribution is -2.45. The van der Waals surface area contributed by atoms with Gasteiger partial charge in [-0.15, -0.1) is 0 Å². The first-order valence-electron chi connectivity index (χ1n) is 9.42. The molecular weight excluding hydrogens is 379 g/mol. The third-order valence-corrected chi connectivity index (χ3v) is 6.11. The van der Waals surface area contributed by atoms with Crippen molar-refractivity contribution in [3.05, 3.63) is 53.2 Å². The number of hydrogen-bond acceptors (Lipinski definition) is 7. The Morgan fingerprint density at radius 1 is 1.21 bits per heavy atom. The van der Waals surface area contributed by atoms with E-state index >= 15 is 0 Å². The molecule has 0 spiro atoms. The maximum absolute atomic E-state index is 14.4. The van der Waals surface area contributed by atoms with Gasteiger partial charge in [-0.2, -0.15) is 0 Å². The largest absolute Gasteiger partial charge is 0.387 e. The molecule has 5 rings (SSSR count). The normalized spacial score (nSPS) is 28.2. The summed E-state index contributed by atoms with van der Waals surface area (Å²) in [4.78, 5) is 7.82. The second-order valence-corrected chi connectivity index (χ2v) is 7.90. The van der Waals surface area contributed by atoms with Gasteiger partial charge in [-0.1, -0.05) is 18.2 Å². The van der Waals surface area contributed by atoms with Crippen molar-refractivity contribution >= 4 is 16.9 Å². The number of nitrogens with two attached hydrogens (primary N) is 1. The molecule has 8 nitrogen and oxygen atoms in total. The zero-order valence-corrected chi connectivity index (χ0v) is 15.7. The smallest absolute Gasteiger partial charge is 0.164 e. The van der Waals surface area contributed by atoms with Crippen molar-refractivity contribution in [1.82, 2.24) is 14.5 Å². The molecular formula is C20H21FN4O4. The summed E-state index contributed by atoms with van der Waals surface area (Å²) in [5, 5.41) is 32.5. The van der Waals surface area contributed by atoms with Crippen LogP contribution >= 0.6 is 0 Å². The minimum Gasteiger partial charge on any atom is -0.387 e. The van der Waals surface area contributed by atoms with Gasteiger partial charge in [0.25, 0.3) is 0 Å². The first kappa shape index (κ1) is 18.4. The highest BCUT2D eigenvalue weighted by Crippen LogP contribution is 2.42. The van der Waals surface area contributed by atoms with Crippen LogP contribution in [0.2, 0.25) is 0 Å². The van der Waals surface area contributed by atoms with E-state index in [2.05, 4.69) is 9.97 Å². The van der Waals surface area contributed by atoms with E-state index in [0.717, 1.165) is 24.6 Å². The summed E-state index contributed by atoms with van der Waals surface area (Å²) in [6.45, 7) is 1.53. The zero-order chi connectivity index (χ0) is 20.5. The third kappa shape index (κ3) is 2.58. The van der Waals surface area contributed by atoms with Crippen LogP contribution in [-0.4, -0.2) is 48.2 Å². The van der Waals surface area contributed by atoms with Crippen molar-refractivity contribution in [2.45, 2.75) is 49.9 Å². The number of nitrogens with zero attached hydrogens (tertiary/aromatic N) is 3. The SMILES string of the molecule is CC(O)(c1ccc2c(c1)CC2)[C@H]1O[C@@H](n2cc(F)c3c(N)ncnc32)[C@H](O)[C@@H]1O. The van der Waals surface area contributed by atoms with Gasteiger partial charge in [-0.25, -0.2) is 14.4 Å². The van der Waals surface area contributed by atoms with Crippen LogP contribution in [0.25, 0.3) is 11.0 Å². The third-order valence-electron chi connectivity index (χ3n) is 6.11. The lowest BCUT2D eigenvalue weighted by atomic mass is 9.81. The molecule has 0 bridgehead atoms. The Bertz CT molecular complexity index is 1120. The van der Waals surface area contributed by atoms with Gasteiger partial charge in [0.15, 0.2) is 17.7 Å².